The standard InChI is InChI=1S/C30H49/c1-24(2)13-10-15-27(7)17-12-18-29(9)20-22-30(23-26(5)6)21-19-28(8)16-11-14-25(3)4/h13-14,17,19-20H,5,10-12,15-16,18,21-23H2,1-4,6-9H3/b27-17?,28-19+,29-20?. The van der Waals surface area contributed by atoms with Crippen LogP contribution in [0.5, 0.6) is 0 Å². The van der Waals surface area contributed by atoms with Crippen LogP contribution in [-0.4, -0.2) is 0 Å². The molecule has 30 heavy (non-hydrogen) atoms. The molecule has 0 aliphatic carbocycles. The summed E-state index contributed by atoms with van der Waals surface area (Å²) in [6, 6.07) is 0. The summed E-state index contributed by atoms with van der Waals surface area (Å²) in [5.41, 5.74) is 8.62. The van der Waals surface area contributed by atoms with Crippen molar-refractivity contribution in [2.24, 2.45) is 0 Å². The fraction of sp³-hybridized carbons (Fsp3) is 0.567. The van der Waals surface area contributed by atoms with Gasteiger partial charge in [0.25, 0.3) is 0 Å². The van der Waals surface area contributed by atoms with Crippen LogP contribution in [0.15, 0.2) is 70.4 Å². The summed E-state index contributed by atoms with van der Waals surface area (Å²) in [5, 5.41) is 0. The van der Waals surface area contributed by atoms with Crippen molar-refractivity contribution >= 4 is 0 Å². The normalized spacial score (nSPS) is 12.9. The molecule has 0 nitrogen and oxygen atoms in total. The monoisotopic (exact) mass is 409 g/mol. The van der Waals surface area contributed by atoms with Gasteiger partial charge >= 0.3 is 0 Å². The van der Waals surface area contributed by atoms with Gasteiger partial charge in [0, 0.05) is 0 Å². The first-order valence-corrected chi connectivity index (χ1v) is 11.8. The van der Waals surface area contributed by atoms with Gasteiger partial charge in [-0.05, 0) is 119 Å². The number of allylic oxidation sites excluding steroid dienone is 11. The molecule has 0 saturated carbocycles. The number of hydrogen-bond donors (Lipinski definition) is 0. The predicted molar refractivity (Wildman–Crippen MR) is 140 cm³/mol. The summed E-state index contributed by atoms with van der Waals surface area (Å²) in [5.74, 6) is 1.58. The highest BCUT2D eigenvalue weighted by molar-refractivity contribution is 5.15. The summed E-state index contributed by atoms with van der Waals surface area (Å²) >= 11 is 0. The Labute approximate surface area is 189 Å². The number of hydrogen-bond acceptors (Lipinski definition) is 0. The second-order valence-corrected chi connectivity index (χ2v) is 9.62. The van der Waals surface area contributed by atoms with Gasteiger partial charge in [0.1, 0.15) is 0 Å². The maximum Gasteiger partial charge on any atom is -0.0126 e. The smallest absolute Gasteiger partial charge is 0.0126 e. The molecule has 0 rings (SSSR count). The van der Waals surface area contributed by atoms with Gasteiger partial charge in [-0.3, -0.25) is 0 Å². The Hall–Kier alpha value is -1.56. The second-order valence-electron chi connectivity index (χ2n) is 9.62. The molecule has 0 atom stereocenters. The first-order valence-electron chi connectivity index (χ1n) is 11.8. The Morgan fingerprint density at radius 1 is 0.533 bits per heavy atom. The highest BCUT2D eigenvalue weighted by Gasteiger charge is 2.07. The lowest BCUT2D eigenvalue weighted by Crippen LogP contribution is -1.97. The molecule has 0 fully saturated rings. The molecular weight excluding hydrogens is 360 g/mol. The molecule has 0 heterocycles. The highest BCUT2D eigenvalue weighted by Crippen LogP contribution is 2.24. The quantitative estimate of drug-likeness (QED) is 0.236. The van der Waals surface area contributed by atoms with E-state index in [0.29, 0.717) is 0 Å². The maximum absolute atomic E-state index is 4.14. The maximum atomic E-state index is 4.14. The fourth-order valence-corrected chi connectivity index (χ4v) is 3.32. The Morgan fingerprint density at radius 2 is 0.900 bits per heavy atom. The molecule has 0 unspecified atom stereocenters. The third-order valence-corrected chi connectivity index (χ3v) is 5.24. The van der Waals surface area contributed by atoms with Gasteiger partial charge in [0.15, 0.2) is 0 Å². The first kappa shape index (κ1) is 28.4. The average molecular weight is 410 g/mol. The van der Waals surface area contributed by atoms with Crippen molar-refractivity contribution in [3.8, 4) is 0 Å². The highest BCUT2D eigenvalue weighted by atomic mass is 14.1. The van der Waals surface area contributed by atoms with Gasteiger partial charge in [-0.2, -0.15) is 0 Å². The zero-order chi connectivity index (χ0) is 22.9. The molecular formula is C30H49. The predicted octanol–water partition coefficient (Wildman–Crippen LogP) is 10.4. The molecule has 0 aromatic heterocycles. The van der Waals surface area contributed by atoms with Crippen LogP contribution < -0.4 is 0 Å². The van der Waals surface area contributed by atoms with Gasteiger partial charge in [0.2, 0.25) is 0 Å². The van der Waals surface area contributed by atoms with Crippen LogP contribution in [0.1, 0.15) is 113 Å². The van der Waals surface area contributed by atoms with Gasteiger partial charge in [-0.15, -0.1) is 6.58 Å². The molecule has 0 saturated heterocycles. The van der Waals surface area contributed by atoms with E-state index in [9.17, 15) is 0 Å². The van der Waals surface area contributed by atoms with Crippen LogP contribution in [0.2, 0.25) is 0 Å². The lowest BCUT2D eigenvalue weighted by molar-refractivity contribution is 0.803. The van der Waals surface area contributed by atoms with Crippen molar-refractivity contribution < 1.29 is 0 Å². The Kier molecular flexibility index (Phi) is 16.3. The van der Waals surface area contributed by atoms with E-state index in [0.717, 1.165) is 38.5 Å². The van der Waals surface area contributed by atoms with Crippen LogP contribution in [0, 0.1) is 5.92 Å². The van der Waals surface area contributed by atoms with Crippen LogP contribution in [0.25, 0.3) is 0 Å². The molecule has 0 aliphatic heterocycles. The minimum atomic E-state index is 1.05. The van der Waals surface area contributed by atoms with Gasteiger partial charge in [-0.25, -0.2) is 0 Å². The van der Waals surface area contributed by atoms with Crippen molar-refractivity contribution in [1.82, 2.24) is 0 Å². The zero-order valence-electron chi connectivity index (χ0n) is 21.5. The van der Waals surface area contributed by atoms with Crippen molar-refractivity contribution in [2.45, 2.75) is 113 Å². The van der Waals surface area contributed by atoms with Crippen LogP contribution in [0.3, 0.4) is 0 Å². The van der Waals surface area contributed by atoms with E-state index < -0.39 is 0 Å². The van der Waals surface area contributed by atoms with E-state index in [2.05, 4.69) is 92.3 Å². The second kappa shape index (κ2) is 17.2. The molecule has 0 spiro atoms. The van der Waals surface area contributed by atoms with E-state index in [1.807, 2.05) is 0 Å². The van der Waals surface area contributed by atoms with E-state index in [-0.39, 0.29) is 0 Å². The summed E-state index contributed by atoms with van der Waals surface area (Å²) in [7, 11) is 0. The molecule has 169 valence electrons. The summed E-state index contributed by atoms with van der Waals surface area (Å²) in [6.07, 6.45) is 22.2. The van der Waals surface area contributed by atoms with Crippen LogP contribution >= 0.6 is 0 Å². The van der Waals surface area contributed by atoms with Crippen LogP contribution in [0.4, 0.5) is 0 Å². The van der Waals surface area contributed by atoms with E-state index in [1.54, 1.807) is 5.92 Å². The first-order chi connectivity index (χ1) is 14.1. The topological polar surface area (TPSA) is 0 Å². The van der Waals surface area contributed by atoms with Gasteiger partial charge in [0.05, 0.1) is 0 Å². The van der Waals surface area contributed by atoms with Gasteiger partial charge in [-0.1, -0.05) is 63.8 Å². The summed E-state index contributed by atoms with van der Waals surface area (Å²) in [4.78, 5) is 0. The lowest BCUT2D eigenvalue weighted by atomic mass is 9.91. The van der Waals surface area contributed by atoms with E-state index in [4.69, 9.17) is 0 Å². The van der Waals surface area contributed by atoms with Crippen molar-refractivity contribution in [2.75, 3.05) is 0 Å². The van der Waals surface area contributed by atoms with Crippen molar-refractivity contribution in [3.63, 3.8) is 0 Å². The van der Waals surface area contributed by atoms with Crippen molar-refractivity contribution in [3.05, 3.63) is 76.3 Å². The largest absolute Gasteiger partial charge is 0.100 e. The average Bonchev–Trinajstić information content (AvgIpc) is 2.63. The summed E-state index contributed by atoms with van der Waals surface area (Å²) in [6.45, 7) is 21.8. The Morgan fingerprint density at radius 3 is 1.27 bits per heavy atom. The SMILES string of the molecule is C=C(C)C[C](CC=C(C)CCC=C(C)CCC=C(C)C)C/C=C(\C)CCC=C(C)C. The van der Waals surface area contributed by atoms with Crippen LogP contribution in [-0.2, 0) is 0 Å². The lowest BCUT2D eigenvalue weighted by Gasteiger charge is -2.14. The van der Waals surface area contributed by atoms with Crippen molar-refractivity contribution in [1.29, 1.82) is 0 Å². The molecule has 0 N–H and O–H groups in total. The fourth-order valence-electron chi connectivity index (χ4n) is 3.32. The third kappa shape index (κ3) is 18.5. The molecule has 0 aromatic rings. The van der Waals surface area contributed by atoms with E-state index in [1.165, 1.54) is 52.7 Å². The minimum absolute atomic E-state index is 1.05. The Bertz CT molecular complexity index is 638. The zero-order valence-corrected chi connectivity index (χ0v) is 21.5. The van der Waals surface area contributed by atoms with E-state index >= 15 is 0 Å². The molecule has 0 aromatic carbocycles. The Balaban J connectivity index is 4.56. The molecule has 1 radical (unpaired) electrons. The number of rotatable bonds is 15. The van der Waals surface area contributed by atoms with Gasteiger partial charge < -0.3 is 0 Å². The molecule has 0 amide bonds. The molecule has 0 aliphatic rings. The molecule has 0 bridgehead atoms. The minimum Gasteiger partial charge on any atom is -0.100 e. The third-order valence-electron chi connectivity index (χ3n) is 5.24. The molecule has 0 heteroatoms. The summed E-state index contributed by atoms with van der Waals surface area (Å²) < 4.78 is 0.